The maximum absolute atomic E-state index is 11.8. The van der Waals surface area contributed by atoms with E-state index in [1.807, 2.05) is 11.4 Å². The van der Waals surface area contributed by atoms with Crippen molar-refractivity contribution in [3.8, 4) is 0 Å². The van der Waals surface area contributed by atoms with Crippen LogP contribution in [0, 0.1) is 0 Å². The Kier molecular flexibility index (Phi) is 5.39. The Labute approximate surface area is 125 Å². The SMILES string of the molecule is O=C(O)CCCc1csc(NC(=O)Cc2ccccn2)n1. The molecule has 2 aromatic rings. The fourth-order valence-electron chi connectivity index (χ4n) is 1.73. The number of nitrogens with zero attached hydrogens (tertiary/aromatic N) is 2. The van der Waals surface area contributed by atoms with Gasteiger partial charge in [0.1, 0.15) is 0 Å². The molecule has 0 aliphatic heterocycles. The highest BCUT2D eigenvalue weighted by atomic mass is 32.1. The van der Waals surface area contributed by atoms with Gasteiger partial charge in [-0.25, -0.2) is 4.98 Å². The third-order valence-electron chi connectivity index (χ3n) is 2.69. The summed E-state index contributed by atoms with van der Waals surface area (Å²) in [4.78, 5) is 30.6. The first-order valence-electron chi connectivity index (χ1n) is 6.49. The summed E-state index contributed by atoms with van der Waals surface area (Å²) in [6.45, 7) is 0. The van der Waals surface area contributed by atoms with Gasteiger partial charge < -0.3 is 10.4 Å². The summed E-state index contributed by atoms with van der Waals surface area (Å²) in [5.41, 5.74) is 1.50. The number of thiazole rings is 1. The van der Waals surface area contributed by atoms with Gasteiger partial charge in [0.25, 0.3) is 0 Å². The van der Waals surface area contributed by atoms with Crippen LogP contribution >= 0.6 is 11.3 Å². The molecule has 7 heteroatoms. The molecule has 2 rings (SSSR count). The number of aliphatic carboxylic acids is 1. The van der Waals surface area contributed by atoms with Crippen molar-refractivity contribution >= 4 is 28.3 Å². The van der Waals surface area contributed by atoms with Crippen LogP contribution in [0.4, 0.5) is 5.13 Å². The van der Waals surface area contributed by atoms with E-state index in [1.54, 1.807) is 18.3 Å². The predicted molar refractivity (Wildman–Crippen MR) is 79.3 cm³/mol. The zero-order chi connectivity index (χ0) is 15.1. The molecule has 0 unspecified atom stereocenters. The van der Waals surface area contributed by atoms with Crippen molar-refractivity contribution in [3.05, 3.63) is 41.2 Å². The summed E-state index contributed by atoms with van der Waals surface area (Å²) < 4.78 is 0. The summed E-state index contributed by atoms with van der Waals surface area (Å²) in [6, 6.07) is 5.42. The molecule has 0 saturated carbocycles. The van der Waals surface area contributed by atoms with Gasteiger partial charge in [-0.2, -0.15) is 0 Å². The van der Waals surface area contributed by atoms with E-state index in [-0.39, 0.29) is 18.7 Å². The van der Waals surface area contributed by atoms with Crippen molar-refractivity contribution in [1.82, 2.24) is 9.97 Å². The lowest BCUT2D eigenvalue weighted by Gasteiger charge is -2.01. The molecule has 0 atom stereocenters. The number of pyridine rings is 1. The van der Waals surface area contributed by atoms with Gasteiger partial charge in [-0.15, -0.1) is 11.3 Å². The first-order valence-corrected chi connectivity index (χ1v) is 7.37. The average Bonchev–Trinajstić information content (AvgIpc) is 2.86. The molecular weight excluding hydrogens is 290 g/mol. The van der Waals surface area contributed by atoms with Crippen LogP contribution in [-0.4, -0.2) is 27.0 Å². The van der Waals surface area contributed by atoms with E-state index < -0.39 is 5.97 Å². The van der Waals surface area contributed by atoms with Crippen molar-refractivity contribution in [1.29, 1.82) is 0 Å². The normalized spacial score (nSPS) is 10.3. The second-order valence-electron chi connectivity index (χ2n) is 4.44. The van der Waals surface area contributed by atoms with E-state index in [9.17, 15) is 9.59 Å². The quantitative estimate of drug-likeness (QED) is 0.817. The molecule has 1 amide bonds. The molecule has 21 heavy (non-hydrogen) atoms. The number of carboxylic acid groups (broad SMARTS) is 1. The lowest BCUT2D eigenvalue weighted by molar-refractivity contribution is -0.137. The minimum absolute atomic E-state index is 0.124. The number of rotatable bonds is 7. The molecule has 0 aliphatic carbocycles. The first-order chi connectivity index (χ1) is 10.1. The number of anilines is 1. The Balaban J connectivity index is 1.81. The van der Waals surface area contributed by atoms with E-state index in [2.05, 4.69) is 15.3 Å². The molecule has 0 aromatic carbocycles. The zero-order valence-electron chi connectivity index (χ0n) is 11.3. The molecule has 0 saturated heterocycles. The van der Waals surface area contributed by atoms with Gasteiger partial charge in [0, 0.05) is 23.7 Å². The summed E-state index contributed by atoms with van der Waals surface area (Å²) >= 11 is 1.34. The van der Waals surface area contributed by atoms with Crippen molar-refractivity contribution in [2.75, 3.05) is 5.32 Å². The van der Waals surface area contributed by atoms with Crippen LogP contribution in [0.15, 0.2) is 29.8 Å². The molecule has 0 spiro atoms. The number of hydrogen-bond acceptors (Lipinski definition) is 5. The number of carbonyl (C=O) groups excluding carboxylic acids is 1. The van der Waals surface area contributed by atoms with Gasteiger partial charge in [-0.05, 0) is 25.0 Å². The van der Waals surface area contributed by atoms with Gasteiger partial charge in [-0.1, -0.05) is 6.07 Å². The molecule has 0 radical (unpaired) electrons. The Hall–Kier alpha value is -2.28. The molecule has 0 fully saturated rings. The highest BCUT2D eigenvalue weighted by molar-refractivity contribution is 7.13. The number of hydrogen-bond donors (Lipinski definition) is 2. The van der Waals surface area contributed by atoms with Crippen LogP contribution in [0.1, 0.15) is 24.2 Å². The van der Waals surface area contributed by atoms with Crippen LogP contribution in [0.3, 0.4) is 0 Å². The van der Waals surface area contributed by atoms with Crippen molar-refractivity contribution in [2.45, 2.75) is 25.7 Å². The van der Waals surface area contributed by atoms with E-state index in [4.69, 9.17) is 5.11 Å². The largest absolute Gasteiger partial charge is 0.481 e. The third-order valence-corrected chi connectivity index (χ3v) is 3.50. The Bertz CT molecular complexity index is 613. The molecule has 0 aliphatic rings. The Morgan fingerprint density at radius 1 is 1.29 bits per heavy atom. The van der Waals surface area contributed by atoms with Gasteiger partial charge >= 0.3 is 5.97 Å². The van der Waals surface area contributed by atoms with E-state index in [0.717, 1.165) is 5.69 Å². The number of nitrogens with one attached hydrogen (secondary N) is 1. The molecular formula is C14H15N3O3S. The van der Waals surface area contributed by atoms with Crippen LogP contribution in [0.25, 0.3) is 0 Å². The number of carbonyl (C=O) groups is 2. The van der Waals surface area contributed by atoms with Crippen molar-refractivity contribution in [3.63, 3.8) is 0 Å². The molecule has 2 aromatic heterocycles. The highest BCUT2D eigenvalue weighted by Crippen LogP contribution is 2.17. The average molecular weight is 305 g/mol. The van der Waals surface area contributed by atoms with Crippen LogP contribution in [-0.2, 0) is 22.4 Å². The van der Waals surface area contributed by atoms with E-state index in [1.165, 1.54) is 11.3 Å². The van der Waals surface area contributed by atoms with Gasteiger partial charge in [0.2, 0.25) is 5.91 Å². The van der Waals surface area contributed by atoms with Crippen LogP contribution in [0.5, 0.6) is 0 Å². The van der Waals surface area contributed by atoms with Gasteiger partial charge in [0.05, 0.1) is 12.1 Å². The third kappa shape index (κ3) is 5.31. The minimum Gasteiger partial charge on any atom is -0.481 e. The molecule has 110 valence electrons. The molecule has 0 bridgehead atoms. The second kappa shape index (κ2) is 7.49. The first kappa shape index (κ1) is 15.1. The standard InChI is InChI=1S/C14H15N3O3S/c18-12(8-10-4-1-2-7-15-10)17-14-16-11(9-21-14)5-3-6-13(19)20/h1-2,4,7,9H,3,5-6,8H2,(H,19,20)(H,16,17,18). The highest BCUT2D eigenvalue weighted by Gasteiger charge is 2.08. The second-order valence-corrected chi connectivity index (χ2v) is 5.30. The summed E-state index contributed by atoms with van der Waals surface area (Å²) in [5.74, 6) is -0.978. The van der Waals surface area contributed by atoms with Crippen LogP contribution in [0.2, 0.25) is 0 Å². The van der Waals surface area contributed by atoms with Crippen molar-refractivity contribution in [2.24, 2.45) is 0 Å². The summed E-state index contributed by atoms with van der Waals surface area (Å²) in [7, 11) is 0. The smallest absolute Gasteiger partial charge is 0.303 e. The lowest BCUT2D eigenvalue weighted by Crippen LogP contribution is -2.14. The van der Waals surface area contributed by atoms with Gasteiger partial charge in [0.15, 0.2) is 5.13 Å². The monoisotopic (exact) mass is 305 g/mol. The van der Waals surface area contributed by atoms with Crippen LogP contribution < -0.4 is 5.32 Å². The maximum Gasteiger partial charge on any atom is 0.303 e. The lowest BCUT2D eigenvalue weighted by atomic mass is 10.2. The maximum atomic E-state index is 11.8. The number of aromatic nitrogens is 2. The minimum atomic E-state index is -0.811. The number of carboxylic acids is 1. The molecule has 6 nitrogen and oxygen atoms in total. The number of amides is 1. The number of aryl methyl sites for hydroxylation is 1. The Morgan fingerprint density at radius 2 is 2.14 bits per heavy atom. The van der Waals surface area contributed by atoms with E-state index >= 15 is 0 Å². The van der Waals surface area contributed by atoms with Gasteiger partial charge in [-0.3, -0.25) is 14.6 Å². The fraction of sp³-hybridized carbons (Fsp3) is 0.286. The summed E-state index contributed by atoms with van der Waals surface area (Å²) in [6.07, 6.45) is 3.11. The summed E-state index contributed by atoms with van der Waals surface area (Å²) in [5, 5.41) is 13.7. The fourth-order valence-corrected chi connectivity index (χ4v) is 2.49. The Morgan fingerprint density at radius 3 is 2.86 bits per heavy atom. The predicted octanol–water partition coefficient (Wildman–Crippen LogP) is 2.13. The molecule has 2 heterocycles. The van der Waals surface area contributed by atoms with Crippen molar-refractivity contribution < 1.29 is 14.7 Å². The topological polar surface area (TPSA) is 92.2 Å². The van der Waals surface area contributed by atoms with E-state index in [0.29, 0.717) is 23.7 Å². The molecule has 2 N–H and O–H groups in total. The zero-order valence-corrected chi connectivity index (χ0v) is 12.1.